The average molecular weight is 240 g/mol. The van der Waals surface area contributed by atoms with Gasteiger partial charge in [-0.1, -0.05) is 25.7 Å². The van der Waals surface area contributed by atoms with E-state index >= 15 is 0 Å². The van der Waals surface area contributed by atoms with Crippen molar-refractivity contribution >= 4 is 0 Å². The summed E-state index contributed by atoms with van der Waals surface area (Å²) in [6, 6.07) is 0.503. The van der Waals surface area contributed by atoms with Crippen molar-refractivity contribution in [3.63, 3.8) is 0 Å². The lowest BCUT2D eigenvalue weighted by Crippen LogP contribution is -2.37. The van der Waals surface area contributed by atoms with Gasteiger partial charge < -0.3 is 4.74 Å². The Labute approximate surface area is 105 Å². The first-order chi connectivity index (χ1) is 8.38. The maximum atomic E-state index is 5.77. The van der Waals surface area contributed by atoms with Gasteiger partial charge in [0.1, 0.15) is 0 Å². The Hall–Kier alpha value is -0.120. The van der Waals surface area contributed by atoms with Gasteiger partial charge in [-0.25, -0.2) is 0 Å². The van der Waals surface area contributed by atoms with Crippen LogP contribution in [0.4, 0.5) is 0 Å². The molecule has 2 atom stereocenters. The normalized spacial score (nSPS) is 28.4. The lowest BCUT2D eigenvalue weighted by Gasteiger charge is -2.25. The highest BCUT2D eigenvalue weighted by Gasteiger charge is 2.21. The van der Waals surface area contributed by atoms with Crippen LogP contribution in [-0.2, 0) is 4.74 Å². The van der Waals surface area contributed by atoms with Gasteiger partial charge in [0.2, 0.25) is 0 Å². The van der Waals surface area contributed by atoms with Crippen molar-refractivity contribution in [1.29, 1.82) is 0 Å². The molecule has 2 rings (SSSR count). The smallest absolute Gasteiger partial charge is 0.0575 e. The zero-order valence-electron chi connectivity index (χ0n) is 11.0. The summed E-state index contributed by atoms with van der Waals surface area (Å²) in [6.45, 7) is 0.966. The molecule has 1 heterocycles. The lowest BCUT2D eigenvalue weighted by molar-refractivity contribution is 0.00818. The minimum atomic E-state index is 0.503. The van der Waals surface area contributed by atoms with Crippen LogP contribution in [0.15, 0.2) is 0 Å². The molecule has 0 amide bonds. The van der Waals surface area contributed by atoms with Crippen molar-refractivity contribution in [2.45, 2.75) is 76.4 Å². The fourth-order valence-corrected chi connectivity index (χ4v) is 3.34. The van der Waals surface area contributed by atoms with E-state index in [-0.39, 0.29) is 0 Å². The molecule has 2 fully saturated rings. The number of rotatable bonds is 6. The highest BCUT2D eigenvalue weighted by atomic mass is 16.5. The Morgan fingerprint density at radius 2 is 1.88 bits per heavy atom. The zero-order chi connectivity index (χ0) is 11.9. The first-order valence-electron chi connectivity index (χ1n) is 7.46. The van der Waals surface area contributed by atoms with Crippen LogP contribution < -0.4 is 11.3 Å². The number of hydrogen-bond donors (Lipinski definition) is 2. The topological polar surface area (TPSA) is 47.3 Å². The van der Waals surface area contributed by atoms with Gasteiger partial charge >= 0.3 is 0 Å². The van der Waals surface area contributed by atoms with Gasteiger partial charge in [0.25, 0.3) is 0 Å². The predicted octanol–water partition coefficient (Wildman–Crippen LogP) is 2.75. The Bertz CT molecular complexity index is 198. The fraction of sp³-hybridized carbons (Fsp3) is 1.00. The van der Waals surface area contributed by atoms with E-state index in [4.69, 9.17) is 10.6 Å². The van der Waals surface area contributed by atoms with Crippen molar-refractivity contribution in [3.05, 3.63) is 0 Å². The lowest BCUT2D eigenvalue weighted by atomic mass is 9.94. The average Bonchev–Trinajstić information content (AvgIpc) is 2.88. The summed E-state index contributed by atoms with van der Waals surface area (Å²) < 4.78 is 5.77. The number of nitrogens with one attached hydrogen (secondary N) is 1. The number of nitrogens with two attached hydrogens (primary N) is 1. The van der Waals surface area contributed by atoms with Gasteiger partial charge in [-0.2, -0.15) is 0 Å². The second-order valence-electron chi connectivity index (χ2n) is 5.82. The third-order valence-corrected chi connectivity index (χ3v) is 4.44. The summed E-state index contributed by atoms with van der Waals surface area (Å²) >= 11 is 0. The molecule has 2 aliphatic rings. The molecule has 3 N–H and O–H groups in total. The van der Waals surface area contributed by atoms with Crippen LogP contribution in [0.5, 0.6) is 0 Å². The monoisotopic (exact) mass is 240 g/mol. The number of hydrazine groups is 1. The van der Waals surface area contributed by atoms with Crippen LogP contribution in [0.1, 0.15) is 64.2 Å². The first-order valence-corrected chi connectivity index (χ1v) is 7.46. The number of ether oxygens (including phenoxy) is 1. The molecule has 2 unspecified atom stereocenters. The molecule has 17 heavy (non-hydrogen) atoms. The molecule has 0 radical (unpaired) electrons. The molecule has 0 bridgehead atoms. The standard InChI is InChI=1S/C14H28N2O/c15-16-13(11-12-5-1-2-6-12)8-9-14-7-3-4-10-17-14/h12-14,16H,1-11,15H2. The largest absolute Gasteiger partial charge is 0.378 e. The van der Waals surface area contributed by atoms with Crippen molar-refractivity contribution in [1.82, 2.24) is 5.43 Å². The van der Waals surface area contributed by atoms with Gasteiger partial charge in [0.05, 0.1) is 6.10 Å². The van der Waals surface area contributed by atoms with Crippen LogP contribution in [0.3, 0.4) is 0 Å². The van der Waals surface area contributed by atoms with Gasteiger partial charge in [-0.05, 0) is 44.4 Å². The second-order valence-corrected chi connectivity index (χ2v) is 5.82. The van der Waals surface area contributed by atoms with Crippen molar-refractivity contribution < 1.29 is 4.74 Å². The maximum Gasteiger partial charge on any atom is 0.0575 e. The van der Waals surface area contributed by atoms with E-state index in [1.54, 1.807) is 0 Å². The fourth-order valence-electron chi connectivity index (χ4n) is 3.34. The molecule has 0 aromatic rings. The summed E-state index contributed by atoms with van der Waals surface area (Å²) in [7, 11) is 0. The summed E-state index contributed by atoms with van der Waals surface area (Å²) in [5.74, 6) is 6.60. The Morgan fingerprint density at radius 1 is 1.12 bits per heavy atom. The van der Waals surface area contributed by atoms with E-state index in [1.807, 2.05) is 0 Å². The molecular formula is C14H28N2O. The molecule has 3 nitrogen and oxygen atoms in total. The van der Waals surface area contributed by atoms with Crippen molar-refractivity contribution in [3.8, 4) is 0 Å². The Balaban J connectivity index is 1.63. The summed E-state index contributed by atoms with van der Waals surface area (Å²) in [4.78, 5) is 0. The third kappa shape index (κ3) is 4.57. The SMILES string of the molecule is NNC(CCC1CCCCO1)CC1CCCC1. The van der Waals surface area contributed by atoms with Crippen LogP contribution >= 0.6 is 0 Å². The molecule has 0 spiro atoms. The molecule has 1 aliphatic carbocycles. The van der Waals surface area contributed by atoms with E-state index < -0.39 is 0 Å². The van der Waals surface area contributed by atoms with Crippen LogP contribution in [0.2, 0.25) is 0 Å². The predicted molar refractivity (Wildman–Crippen MR) is 70.5 cm³/mol. The van der Waals surface area contributed by atoms with E-state index in [0.717, 1.165) is 12.5 Å². The molecule has 1 saturated carbocycles. The van der Waals surface area contributed by atoms with E-state index in [9.17, 15) is 0 Å². The number of hydrogen-bond acceptors (Lipinski definition) is 3. The molecule has 1 saturated heterocycles. The van der Waals surface area contributed by atoms with Crippen LogP contribution in [0.25, 0.3) is 0 Å². The molecule has 0 aromatic carbocycles. The van der Waals surface area contributed by atoms with Crippen LogP contribution in [-0.4, -0.2) is 18.8 Å². The maximum absolute atomic E-state index is 5.77. The minimum Gasteiger partial charge on any atom is -0.378 e. The third-order valence-electron chi connectivity index (χ3n) is 4.44. The molecule has 100 valence electrons. The molecule has 0 aromatic heterocycles. The quantitative estimate of drug-likeness (QED) is 0.554. The Kier molecular flexibility index (Phi) is 5.75. The molecule has 1 aliphatic heterocycles. The zero-order valence-corrected chi connectivity index (χ0v) is 11.0. The Morgan fingerprint density at radius 3 is 2.53 bits per heavy atom. The minimum absolute atomic E-state index is 0.503. The van der Waals surface area contributed by atoms with Gasteiger partial charge in [0.15, 0.2) is 0 Å². The molecular weight excluding hydrogens is 212 g/mol. The first kappa shape index (κ1) is 13.3. The van der Waals surface area contributed by atoms with E-state index in [1.165, 1.54) is 64.2 Å². The highest BCUT2D eigenvalue weighted by Crippen LogP contribution is 2.29. The van der Waals surface area contributed by atoms with Crippen LogP contribution in [0, 0.1) is 5.92 Å². The van der Waals surface area contributed by atoms with Crippen molar-refractivity contribution in [2.24, 2.45) is 11.8 Å². The van der Waals surface area contributed by atoms with E-state index in [0.29, 0.717) is 12.1 Å². The summed E-state index contributed by atoms with van der Waals surface area (Å²) in [5.41, 5.74) is 3.01. The van der Waals surface area contributed by atoms with Gasteiger partial charge in [-0.3, -0.25) is 11.3 Å². The van der Waals surface area contributed by atoms with Gasteiger partial charge in [-0.15, -0.1) is 0 Å². The van der Waals surface area contributed by atoms with Crippen molar-refractivity contribution in [2.75, 3.05) is 6.61 Å². The summed E-state index contributed by atoms with van der Waals surface area (Å²) in [5, 5.41) is 0. The second kappa shape index (κ2) is 7.34. The van der Waals surface area contributed by atoms with E-state index in [2.05, 4.69) is 5.43 Å². The van der Waals surface area contributed by atoms with Gasteiger partial charge in [0, 0.05) is 12.6 Å². The highest BCUT2D eigenvalue weighted by molar-refractivity contribution is 4.76. The molecule has 3 heteroatoms. The summed E-state index contributed by atoms with van der Waals surface area (Å²) in [6.07, 6.45) is 13.6.